The fraction of sp³-hybridized carbons (Fsp3) is 1.00. The molecule has 0 amide bonds. The molecule has 0 aromatic heterocycles. The zero-order valence-electron chi connectivity index (χ0n) is 11.3. The number of ether oxygens (including phenoxy) is 1. The van der Waals surface area contributed by atoms with Crippen molar-refractivity contribution in [3.05, 3.63) is 0 Å². The van der Waals surface area contributed by atoms with Gasteiger partial charge in [0.05, 0.1) is 18.8 Å². The highest BCUT2D eigenvalue weighted by Crippen LogP contribution is 2.30. The summed E-state index contributed by atoms with van der Waals surface area (Å²) in [5.74, 6) is 0.937. The first-order valence-electron chi connectivity index (χ1n) is 7.20. The lowest BCUT2D eigenvalue weighted by Crippen LogP contribution is -2.52. The topological polar surface area (TPSA) is 32.7 Å². The molecule has 1 saturated carbocycles. The lowest BCUT2D eigenvalue weighted by Gasteiger charge is -2.42. The molecule has 0 spiro atoms. The average molecular weight is 241 g/mol. The maximum Gasteiger partial charge on any atom is 0.0739 e. The van der Waals surface area contributed by atoms with Crippen molar-refractivity contribution >= 4 is 0 Å². The largest absolute Gasteiger partial charge is 0.391 e. The van der Waals surface area contributed by atoms with E-state index in [0.717, 1.165) is 12.3 Å². The first-order chi connectivity index (χ1) is 8.22. The van der Waals surface area contributed by atoms with Crippen LogP contribution in [-0.2, 0) is 4.74 Å². The van der Waals surface area contributed by atoms with Crippen LogP contribution in [0.1, 0.15) is 45.4 Å². The van der Waals surface area contributed by atoms with E-state index >= 15 is 0 Å². The summed E-state index contributed by atoms with van der Waals surface area (Å²) in [4.78, 5) is 2.38. The van der Waals surface area contributed by atoms with Gasteiger partial charge in [-0.2, -0.15) is 0 Å². The summed E-state index contributed by atoms with van der Waals surface area (Å²) in [5.41, 5.74) is 0. The number of aliphatic hydroxyl groups excluding tert-OH is 1. The number of hydrogen-bond donors (Lipinski definition) is 1. The minimum absolute atomic E-state index is 0.197. The number of aliphatic hydroxyl groups is 1. The first-order valence-corrected chi connectivity index (χ1v) is 7.20. The van der Waals surface area contributed by atoms with Crippen LogP contribution in [0.5, 0.6) is 0 Å². The van der Waals surface area contributed by atoms with Gasteiger partial charge in [0.2, 0.25) is 0 Å². The number of hydrogen-bond acceptors (Lipinski definition) is 3. The molecule has 1 aliphatic heterocycles. The van der Waals surface area contributed by atoms with Crippen LogP contribution in [0.3, 0.4) is 0 Å². The molecule has 0 radical (unpaired) electrons. The van der Waals surface area contributed by atoms with Crippen molar-refractivity contribution < 1.29 is 9.84 Å². The zero-order valence-corrected chi connectivity index (χ0v) is 11.3. The SMILES string of the molecule is CCC1CCC(N(C)C2COCCC2O)CC1. The van der Waals surface area contributed by atoms with E-state index in [2.05, 4.69) is 18.9 Å². The van der Waals surface area contributed by atoms with Gasteiger partial charge in [0.15, 0.2) is 0 Å². The van der Waals surface area contributed by atoms with Crippen molar-refractivity contribution in [1.29, 1.82) is 0 Å². The number of rotatable bonds is 3. The second-order valence-corrected chi connectivity index (χ2v) is 5.75. The molecule has 2 atom stereocenters. The van der Waals surface area contributed by atoms with E-state index in [4.69, 9.17) is 4.74 Å². The summed E-state index contributed by atoms with van der Waals surface area (Å²) in [7, 11) is 2.17. The average Bonchev–Trinajstić information content (AvgIpc) is 2.39. The summed E-state index contributed by atoms with van der Waals surface area (Å²) in [6, 6.07) is 0.867. The van der Waals surface area contributed by atoms with Crippen LogP contribution < -0.4 is 0 Å². The van der Waals surface area contributed by atoms with Gasteiger partial charge >= 0.3 is 0 Å². The molecule has 2 fully saturated rings. The second kappa shape index (κ2) is 6.17. The van der Waals surface area contributed by atoms with Gasteiger partial charge in [-0.15, -0.1) is 0 Å². The standard InChI is InChI=1S/C14H27NO2/c1-3-11-4-6-12(7-5-11)15(2)13-10-17-9-8-14(13)16/h11-14,16H,3-10H2,1-2H3. The van der Waals surface area contributed by atoms with Crippen LogP contribution in [-0.4, -0.2) is 48.5 Å². The van der Waals surface area contributed by atoms with Gasteiger partial charge in [-0.05, 0) is 45.1 Å². The smallest absolute Gasteiger partial charge is 0.0739 e. The number of likely N-dealkylation sites (N-methyl/N-ethyl adjacent to an activating group) is 1. The van der Waals surface area contributed by atoms with Gasteiger partial charge < -0.3 is 9.84 Å². The van der Waals surface area contributed by atoms with E-state index in [1.54, 1.807) is 0 Å². The molecular weight excluding hydrogens is 214 g/mol. The molecule has 2 unspecified atom stereocenters. The molecule has 1 aliphatic carbocycles. The van der Waals surface area contributed by atoms with Crippen LogP contribution in [0, 0.1) is 5.92 Å². The molecular formula is C14H27NO2. The Morgan fingerprint density at radius 3 is 2.47 bits per heavy atom. The second-order valence-electron chi connectivity index (χ2n) is 5.75. The van der Waals surface area contributed by atoms with Gasteiger partial charge in [0.1, 0.15) is 0 Å². The Labute approximate surface area is 105 Å². The highest BCUT2D eigenvalue weighted by Gasteiger charge is 2.32. The predicted octanol–water partition coefficient (Wildman–Crippen LogP) is 2.04. The highest BCUT2D eigenvalue weighted by molar-refractivity contribution is 4.86. The molecule has 2 aliphatic rings. The van der Waals surface area contributed by atoms with Crippen molar-refractivity contribution in [2.24, 2.45) is 5.92 Å². The lowest BCUT2D eigenvalue weighted by molar-refractivity contribution is -0.0698. The normalized spacial score (nSPS) is 39.5. The Hall–Kier alpha value is -0.120. The molecule has 100 valence electrons. The molecule has 0 aromatic carbocycles. The van der Waals surface area contributed by atoms with Crippen molar-refractivity contribution in [2.75, 3.05) is 20.3 Å². The Bertz CT molecular complexity index is 226. The van der Waals surface area contributed by atoms with Crippen molar-refractivity contribution in [3.8, 4) is 0 Å². The van der Waals surface area contributed by atoms with Gasteiger partial charge in [0, 0.05) is 12.6 Å². The van der Waals surface area contributed by atoms with E-state index in [0.29, 0.717) is 19.3 Å². The summed E-state index contributed by atoms with van der Waals surface area (Å²) in [6.45, 7) is 3.72. The molecule has 1 heterocycles. The van der Waals surface area contributed by atoms with Crippen molar-refractivity contribution in [2.45, 2.75) is 63.6 Å². The molecule has 0 bridgehead atoms. The third-order valence-electron chi connectivity index (χ3n) is 4.78. The van der Waals surface area contributed by atoms with Crippen LogP contribution in [0.25, 0.3) is 0 Å². The molecule has 3 nitrogen and oxygen atoms in total. The third kappa shape index (κ3) is 3.21. The monoisotopic (exact) mass is 241 g/mol. The first kappa shape index (κ1) is 13.3. The van der Waals surface area contributed by atoms with E-state index in [-0.39, 0.29) is 12.1 Å². The Morgan fingerprint density at radius 1 is 1.18 bits per heavy atom. The van der Waals surface area contributed by atoms with Crippen LogP contribution in [0.15, 0.2) is 0 Å². The van der Waals surface area contributed by atoms with Gasteiger partial charge in [-0.1, -0.05) is 13.3 Å². The van der Waals surface area contributed by atoms with E-state index in [9.17, 15) is 5.11 Å². The predicted molar refractivity (Wildman–Crippen MR) is 69.0 cm³/mol. The van der Waals surface area contributed by atoms with Gasteiger partial charge in [-0.25, -0.2) is 0 Å². The van der Waals surface area contributed by atoms with E-state index < -0.39 is 0 Å². The molecule has 1 saturated heterocycles. The minimum Gasteiger partial charge on any atom is -0.391 e. The molecule has 3 heteroatoms. The summed E-state index contributed by atoms with van der Waals surface area (Å²) >= 11 is 0. The van der Waals surface area contributed by atoms with Crippen LogP contribution >= 0.6 is 0 Å². The Kier molecular flexibility index (Phi) is 4.83. The maximum absolute atomic E-state index is 10.0. The highest BCUT2D eigenvalue weighted by atomic mass is 16.5. The van der Waals surface area contributed by atoms with E-state index in [1.807, 2.05) is 0 Å². The Balaban J connectivity index is 1.85. The molecule has 17 heavy (non-hydrogen) atoms. The third-order valence-corrected chi connectivity index (χ3v) is 4.78. The molecule has 2 rings (SSSR count). The summed E-state index contributed by atoms with van der Waals surface area (Å²) in [5, 5.41) is 10.0. The zero-order chi connectivity index (χ0) is 12.3. The van der Waals surface area contributed by atoms with E-state index in [1.165, 1.54) is 32.1 Å². The summed E-state index contributed by atoms with van der Waals surface area (Å²) in [6.07, 6.45) is 7.21. The Morgan fingerprint density at radius 2 is 1.88 bits per heavy atom. The van der Waals surface area contributed by atoms with Crippen LogP contribution in [0.4, 0.5) is 0 Å². The fourth-order valence-electron chi connectivity index (χ4n) is 3.33. The quantitative estimate of drug-likeness (QED) is 0.820. The minimum atomic E-state index is -0.197. The molecule has 0 aromatic rings. The van der Waals surface area contributed by atoms with Gasteiger partial charge in [-0.3, -0.25) is 4.90 Å². The summed E-state index contributed by atoms with van der Waals surface area (Å²) < 4.78 is 5.51. The van der Waals surface area contributed by atoms with Crippen molar-refractivity contribution in [1.82, 2.24) is 4.90 Å². The fourth-order valence-corrected chi connectivity index (χ4v) is 3.33. The van der Waals surface area contributed by atoms with Gasteiger partial charge in [0.25, 0.3) is 0 Å². The lowest BCUT2D eigenvalue weighted by atomic mass is 9.83. The van der Waals surface area contributed by atoms with Crippen LogP contribution in [0.2, 0.25) is 0 Å². The van der Waals surface area contributed by atoms with Crippen molar-refractivity contribution in [3.63, 3.8) is 0 Å². The molecule has 1 N–H and O–H groups in total. The maximum atomic E-state index is 10.0. The number of nitrogens with zero attached hydrogens (tertiary/aromatic N) is 1.